The third-order valence-corrected chi connectivity index (χ3v) is 6.93. The number of nitrogens with zero attached hydrogens (tertiary/aromatic N) is 1. The monoisotopic (exact) mass is 401 g/mol. The first-order valence-corrected chi connectivity index (χ1v) is 10.8. The second kappa shape index (κ2) is 7.93. The van der Waals surface area contributed by atoms with E-state index < -0.39 is 16.1 Å². The van der Waals surface area contributed by atoms with Crippen molar-refractivity contribution < 1.29 is 13.2 Å². The van der Waals surface area contributed by atoms with Crippen molar-refractivity contribution >= 4 is 27.3 Å². The second-order valence-electron chi connectivity index (χ2n) is 7.46. The average Bonchev–Trinajstić information content (AvgIpc) is 3.10. The summed E-state index contributed by atoms with van der Waals surface area (Å²) >= 11 is 0. The zero-order chi connectivity index (χ0) is 20.5. The summed E-state index contributed by atoms with van der Waals surface area (Å²) in [6.45, 7) is 3.62. The van der Waals surface area contributed by atoms with Crippen LogP contribution >= 0.6 is 0 Å². The smallest absolute Gasteiger partial charge is 0.246 e. The van der Waals surface area contributed by atoms with Crippen LogP contribution in [0.25, 0.3) is 0 Å². The lowest BCUT2D eigenvalue weighted by atomic mass is 10.1. The van der Waals surface area contributed by atoms with Crippen molar-refractivity contribution in [2.45, 2.75) is 44.0 Å². The summed E-state index contributed by atoms with van der Waals surface area (Å²) in [7, 11) is -0.596. The number of hydrogen-bond donors (Lipinski definition) is 2. The Morgan fingerprint density at radius 3 is 2.50 bits per heavy atom. The summed E-state index contributed by atoms with van der Waals surface area (Å²) in [5.41, 5.74) is 4.95. The predicted molar refractivity (Wildman–Crippen MR) is 112 cm³/mol. The lowest BCUT2D eigenvalue weighted by Crippen LogP contribution is -2.32. The number of carbonyl (C=O) groups excluding carboxylic acids is 1. The van der Waals surface area contributed by atoms with Crippen LogP contribution in [0.2, 0.25) is 0 Å². The molecule has 3 rings (SSSR count). The van der Waals surface area contributed by atoms with E-state index >= 15 is 0 Å². The van der Waals surface area contributed by atoms with E-state index in [9.17, 15) is 13.2 Å². The Bertz CT molecular complexity index is 1000. The number of sulfonamides is 1. The number of rotatable bonds is 6. The number of hydrogen-bond acceptors (Lipinski definition) is 4. The fraction of sp³-hybridized carbons (Fsp3) is 0.381. The first kappa shape index (κ1) is 20.4. The third-order valence-electron chi connectivity index (χ3n) is 5.12. The molecule has 2 aromatic carbocycles. The normalized spacial score (nSPS) is 14.6. The zero-order valence-electron chi connectivity index (χ0n) is 16.7. The highest BCUT2D eigenvalue weighted by molar-refractivity contribution is 7.89. The van der Waals surface area contributed by atoms with Crippen molar-refractivity contribution in [3.05, 3.63) is 53.1 Å². The minimum atomic E-state index is -3.56. The van der Waals surface area contributed by atoms with Gasteiger partial charge in [0.25, 0.3) is 0 Å². The molecule has 0 spiro atoms. The van der Waals surface area contributed by atoms with E-state index in [0.717, 1.165) is 28.4 Å². The van der Waals surface area contributed by atoms with E-state index in [0.29, 0.717) is 5.69 Å². The van der Waals surface area contributed by atoms with Crippen molar-refractivity contribution in [1.82, 2.24) is 4.31 Å². The van der Waals surface area contributed by atoms with Gasteiger partial charge in [-0.05, 0) is 74.1 Å². The lowest BCUT2D eigenvalue weighted by Gasteiger charge is -2.18. The van der Waals surface area contributed by atoms with Crippen molar-refractivity contribution in [3.63, 3.8) is 0 Å². The number of benzene rings is 2. The quantitative estimate of drug-likeness (QED) is 0.779. The van der Waals surface area contributed by atoms with E-state index in [1.807, 2.05) is 13.0 Å². The molecule has 2 N–H and O–H groups in total. The van der Waals surface area contributed by atoms with E-state index in [-0.39, 0.29) is 10.8 Å². The Kier molecular flexibility index (Phi) is 5.76. The highest BCUT2D eigenvalue weighted by Crippen LogP contribution is 2.26. The van der Waals surface area contributed by atoms with Crippen molar-refractivity contribution in [3.8, 4) is 0 Å². The predicted octanol–water partition coefficient (Wildman–Crippen LogP) is 3.17. The van der Waals surface area contributed by atoms with Gasteiger partial charge in [-0.1, -0.05) is 12.1 Å². The number of amides is 1. The van der Waals surface area contributed by atoms with Gasteiger partial charge in [0.2, 0.25) is 15.9 Å². The Morgan fingerprint density at radius 1 is 1.07 bits per heavy atom. The molecule has 6 nitrogen and oxygen atoms in total. The van der Waals surface area contributed by atoms with Gasteiger partial charge >= 0.3 is 0 Å². The second-order valence-corrected chi connectivity index (χ2v) is 9.61. The van der Waals surface area contributed by atoms with E-state index in [2.05, 4.69) is 22.8 Å². The number of fused-ring (bicyclic) bond motifs is 1. The number of carbonyl (C=O) groups is 1. The topological polar surface area (TPSA) is 78.5 Å². The fourth-order valence-corrected chi connectivity index (χ4v) is 4.25. The van der Waals surface area contributed by atoms with Gasteiger partial charge in [0.1, 0.15) is 6.04 Å². The SMILES string of the molecule is Cc1ccc(S(=O)(=O)N(C)C)cc1NC(=O)C(C)Nc1ccc2c(c1)CCC2. The molecule has 150 valence electrons. The maximum atomic E-state index is 12.7. The minimum absolute atomic E-state index is 0.151. The molecule has 1 amide bonds. The molecule has 7 heteroatoms. The molecule has 0 heterocycles. The molecule has 0 saturated heterocycles. The molecule has 1 aliphatic carbocycles. The number of anilines is 2. The Morgan fingerprint density at radius 2 is 1.79 bits per heavy atom. The van der Waals surface area contributed by atoms with Gasteiger partial charge < -0.3 is 10.6 Å². The molecule has 0 aromatic heterocycles. The van der Waals surface area contributed by atoms with E-state index in [1.54, 1.807) is 19.1 Å². The van der Waals surface area contributed by atoms with Crippen LogP contribution in [0, 0.1) is 6.92 Å². The van der Waals surface area contributed by atoms with Gasteiger partial charge in [0, 0.05) is 25.5 Å². The summed E-state index contributed by atoms with van der Waals surface area (Å²) in [5, 5.41) is 6.09. The summed E-state index contributed by atoms with van der Waals surface area (Å²) in [6, 6.07) is 10.5. The average molecular weight is 402 g/mol. The van der Waals surface area contributed by atoms with Crippen LogP contribution in [-0.4, -0.2) is 38.8 Å². The van der Waals surface area contributed by atoms with Crippen LogP contribution in [0.3, 0.4) is 0 Å². The van der Waals surface area contributed by atoms with Crippen molar-refractivity contribution in [2.75, 3.05) is 24.7 Å². The molecule has 2 aromatic rings. The maximum Gasteiger partial charge on any atom is 0.246 e. The molecular weight excluding hydrogens is 374 g/mol. The molecule has 1 aliphatic rings. The maximum absolute atomic E-state index is 12.7. The van der Waals surface area contributed by atoms with Gasteiger partial charge in [-0.2, -0.15) is 0 Å². The van der Waals surface area contributed by atoms with E-state index in [4.69, 9.17) is 0 Å². The summed E-state index contributed by atoms with van der Waals surface area (Å²) < 4.78 is 25.9. The Labute approximate surface area is 167 Å². The standard InChI is InChI=1S/C21H27N3O3S/c1-14-8-11-19(28(26,27)24(3)4)13-20(14)23-21(25)15(2)22-18-10-9-16-6-5-7-17(16)12-18/h8-13,15,22H,5-7H2,1-4H3,(H,23,25). The third kappa shape index (κ3) is 4.20. The van der Waals surface area contributed by atoms with Crippen LogP contribution in [0.15, 0.2) is 41.3 Å². The number of nitrogens with one attached hydrogen (secondary N) is 2. The van der Waals surface area contributed by atoms with Gasteiger partial charge in [-0.15, -0.1) is 0 Å². The molecule has 1 atom stereocenters. The summed E-state index contributed by atoms with van der Waals surface area (Å²) in [5.74, 6) is -0.219. The Hall–Kier alpha value is -2.38. The van der Waals surface area contributed by atoms with Crippen molar-refractivity contribution in [1.29, 1.82) is 0 Å². The molecule has 0 fully saturated rings. The molecule has 0 aliphatic heterocycles. The largest absolute Gasteiger partial charge is 0.374 e. The van der Waals surface area contributed by atoms with Crippen LogP contribution in [0.1, 0.15) is 30.0 Å². The molecule has 28 heavy (non-hydrogen) atoms. The number of aryl methyl sites for hydroxylation is 3. The van der Waals surface area contributed by atoms with Crippen LogP contribution in [0.5, 0.6) is 0 Å². The van der Waals surface area contributed by atoms with Crippen LogP contribution in [-0.2, 0) is 27.7 Å². The van der Waals surface area contributed by atoms with Crippen LogP contribution in [0.4, 0.5) is 11.4 Å². The highest BCUT2D eigenvalue weighted by Gasteiger charge is 2.20. The first-order valence-electron chi connectivity index (χ1n) is 9.41. The zero-order valence-corrected chi connectivity index (χ0v) is 17.6. The van der Waals surface area contributed by atoms with Gasteiger partial charge in [-0.25, -0.2) is 12.7 Å². The summed E-state index contributed by atoms with van der Waals surface area (Å²) in [6.07, 6.45) is 3.38. The first-order chi connectivity index (χ1) is 13.2. The summed E-state index contributed by atoms with van der Waals surface area (Å²) in [4.78, 5) is 12.8. The van der Waals surface area contributed by atoms with Crippen molar-refractivity contribution in [2.24, 2.45) is 0 Å². The minimum Gasteiger partial charge on any atom is -0.374 e. The molecule has 1 unspecified atom stereocenters. The van der Waals surface area contributed by atoms with Gasteiger partial charge in [-0.3, -0.25) is 4.79 Å². The molecule has 0 bridgehead atoms. The van der Waals surface area contributed by atoms with Crippen LogP contribution < -0.4 is 10.6 Å². The molecule has 0 radical (unpaired) electrons. The fourth-order valence-electron chi connectivity index (χ4n) is 3.33. The van der Waals surface area contributed by atoms with Gasteiger partial charge in [0.15, 0.2) is 0 Å². The molecule has 0 saturated carbocycles. The Balaban J connectivity index is 1.73. The van der Waals surface area contributed by atoms with E-state index in [1.165, 1.54) is 37.7 Å². The van der Waals surface area contributed by atoms with Gasteiger partial charge in [0.05, 0.1) is 4.90 Å². The lowest BCUT2D eigenvalue weighted by molar-refractivity contribution is -0.116. The molecular formula is C21H27N3O3S. The highest BCUT2D eigenvalue weighted by atomic mass is 32.2.